The summed E-state index contributed by atoms with van der Waals surface area (Å²) in [7, 11) is 1.87. The van der Waals surface area contributed by atoms with E-state index >= 15 is 0 Å². The normalized spacial score (nSPS) is 11.4. The molecule has 0 fully saturated rings. The Kier molecular flexibility index (Phi) is 6.03. The highest BCUT2D eigenvalue weighted by atomic mass is 16.2. The highest BCUT2D eigenvalue weighted by molar-refractivity contribution is 5.75. The number of nitrogens with two attached hydrogens (primary N) is 1. The van der Waals surface area contributed by atoms with Gasteiger partial charge in [0.05, 0.1) is 0 Å². The van der Waals surface area contributed by atoms with Crippen molar-refractivity contribution in [3.05, 3.63) is 35.9 Å². The molecule has 0 unspecified atom stereocenters. The zero-order valence-corrected chi connectivity index (χ0v) is 12.4. The average molecular weight is 262 g/mol. The van der Waals surface area contributed by atoms with Crippen molar-refractivity contribution >= 4 is 5.91 Å². The van der Waals surface area contributed by atoms with Gasteiger partial charge in [-0.1, -0.05) is 30.3 Å². The molecule has 0 atom stereocenters. The fourth-order valence-corrected chi connectivity index (χ4v) is 1.91. The second-order valence-corrected chi connectivity index (χ2v) is 5.89. The summed E-state index contributed by atoms with van der Waals surface area (Å²) in [6, 6.07) is 10.4. The van der Waals surface area contributed by atoms with Crippen LogP contribution >= 0.6 is 0 Å². The van der Waals surface area contributed by atoms with Crippen LogP contribution in [0.4, 0.5) is 0 Å². The molecule has 106 valence electrons. The lowest BCUT2D eigenvalue weighted by atomic mass is 10.00. The molecule has 3 heteroatoms. The highest BCUT2D eigenvalue weighted by Crippen LogP contribution is 2.09. The van der Waals surface area contributed by atoms with Gasteiger partial charge in [-0.2, -0.15) is 0 Å². The molecule has 19 heavy (non-hydrogen) atoms. The zero-order chi connectivity index (χ0) is 14.3. The van der Waals surface area contributed by atoms with Crippen LogP contribution in [0.2, 0.25) is 0 Å². The van der Waals surface area contributed by atoms with Crippen LogP contribution in [0, 0.1) is 0 Å². The summed E-state index contributed by atoms with van der Waals surface area (Å²) in [5, 5.41) is 0. The molecule has 1 aromatic rings. The lowest BCUT2D eigenvalue weighted by Gasteiger charge is -2.21. The van der Waals surface area contributed by atoms with Crippen LogP contribution in [0.15, 0.2) is 30.3 Å². The van der Waals surface area contributed by atoms with E-state index in [1.165, 1.54) is 5.56 Å². The minimum Gasteiger partial charge on any atom is -0.346 e. The van der Waals surface area contributed by atoms with Crippen molar-refractivity contribution in [1.29, 1.82) is 0 Å². The lowest BCUT2D eigenvalue weighted by Crippen LogP contribution is -2.35. The lowest BCUT2D eigenvalue weighted by molar-refractivity contribution is -0.130. The van der Waals surface area contributed by atoms with Crippen LogP contribution < -0.4 is 5.73 Å². The minimum absolute atomic E-state index is 0.187. The van der Waals surface area contributed by atoms with Crippen LogP contribution in [-0.4, -0.2) is 29.9 Å². The van der Waals surface area contributed by atoms with Gasteiger partial charge in [0, 0.05) is 25.6 Å². The van der Waals surface area contributed by atoms with E-state index in [-0.39, 0.29) is 11.4 Å². The molecule has 0 aliphatic heterocycles. The van der Waals surface area contributed by atoms with Crippen molar-refractivity contribution < 1.29 is 4.79 Å². The minimum atomic E-state index is -0.263. The predicted molar refractivity (Wildman–Crippen MR) is 79.9 cm³/mol. The van der Waals surface area contributed by atoms with E-state index in [9.17, 15) is 4.79 Å². The summed E-state index contributed by atoms with van der Waals surface area (Å²) in [6.45, 7) is 4.71. The first-order chi connectivity index (χ1) is 8.88. The molecule has 0 heterocycles. The standard InChI is InChI=1S/C16H26N2O/c1-16(2,17)12-11-15(19)18(3)13-7-10-14-8-5-4-6-9-14/h4-6,8-9H,7,10-13,17H2,1-3H3. The Morgan fingerprint density at radius 3 is 2.47 bits per heavy atom. The maximum atomic E-state index is 11.9. The Balaban J connectivity index is 2.23. The smallest absolute Gasteiger partial charge is 0.222 e. The summed E-state index contributed by atoms with van der Waals surface area (Å²) < 4.78 is 0. The van der Waals surface area contributed by atoms with Gasteiger partial charge in [-0.3, -0.25) is 4.79 Å². The molecule has 0 radical (unpaired) electrons. The van der Waals surface area contributed by atoms with Gasteiger partial charge in [0.1, 0.15) is 0 Å². The first-order valence-corrected chi connectivity index (χ1v) is 6.95. The monoisotopic (exact) mass is 262 g/mol. The Morgan fingerprint density at radius 1 is 1.26 bits per heavy atom. The number of nitrogens with zero attached hydrogens (tertiary/aromatic N) is 1. The average Bonchev–Trinajstić information content (AvgIpc) is 2.36. The van der Waals surface area contributed by atoms with Crippen molar-refractivity contribution in [3.63, 3.8) is 0 Å². The Morgan fingerprint density at radius 2 is 1.89 bits per heavy atom. The van der Waals surface area contributed by atoms with Crippen molar-refractivity contribution in [2.24, 2.45) is 5.73 Å². The summed E-state index contributed by atoms with van der Waals surface area (Å²) in [4.78, 5) is 13.7. The molecule has 0 saturated carbocycles. The van der Waals surface area contributed by atoms with E-state index in [1.807, 2.05) is 44.0 Å². The highest BCUT2D eigenvalue weighted by Gasteiger charge is 2.15. The summed E-state index contributed by atoms with van der Waals surface area (Å²) in [6.07, 6.45) is 3.28. The zero-order valence-electron chi connectivity index (χ0n) is 12.4. The third kappa shape index (κ3) is 6.97. The van der Waals surface area contributed by atoms with Crippen molar-refractivity contribution in [1.82, 2.24) is 4.90 Å². The van der Waals surface area contributed by atoms with E-state index in [4.69, 9.17) is 5.73 Å². The van der Waals surface area contributed by atoms with E-state index in [2.05, 4.69) is 12.1 Å². The van der Waals surface area contributed by atoms with Gasteiger partial charge in [-0.25, -0.2) is 0 Å². The van der Waals surface area contributed by atoms with Gasteiger partial charge >= 0.3 is 0 Å². The molecule has 3 nitrogen and oxygen atoms in total. The largest absolute Gasteiger partial charge is 0.346 e. The fourth-order valence-electron chi connectivity index (χ4n) is 1.91. The molecule has 0 aromatic heterocycles. The van der Waals surface area contributed by atoms with Crippen LogP contribution in [-0.2, 0) is 11.2 Å². The Labute approximate surface area is 116 Å². The number of benzene rings is 1. The third-order valence-corrected chi connectivity index (χ3v) is 3.21. The number of carbonyl (C=O) groups excluding carboxylic acids is 1. The van der Waals surface area contributed by atoms with Gasteiger partial charge in [-0.15, -0.1) is 0 Å². The Bertz CT molecular complexity index is 381. The molecule has 1 rings (SSSR count). The number of amides is 1. The molecule has 1 aromatic carbocycles. The fraction of sp³-hybridized carbons (Fsp3) is 0.562. The number of carbonyl (C=O) groups is 1. The number of aryl methyl sites for hydroxylation is 1. The van der Waals surface area contributed by atoms with Gasteiger partial charge < -0.3 is 10.6 Å². The first kappa shape index (κ1) is 15.7. The topological polar surface area (TPSA) is 46.3 Å². The summed E-state index contributed by atoms with van der Waals surface area (Å²) in [5.74, 6) is 0.187. The first-order valence-electron chi connectivity index (χ1n) is 6.95. The summed E-state index contributed by atoms with van der Waals surface area (Å²) in [5.41, 5.74) is 6.95. The van der Waals surface area contributed by atoms with Crippen molar-refractivity contribution in [2.45, 2.75) is 45.1 Å². The van der Waals surface area contributed by atoms with Crippen LogP contribution in [0.1, 0.15) is 38.7 Å². The molecule has 2 N–H and O–H groups in total. The predicted octanol–water partition coefficient (Wildman–Crippen LogP) is 2.60. The van der Waals surface area contributed by atoms with Gasteiger partial charge in [-0.05, 0) is 38.7 Å². The van der Waals surface area contributed by atoms with E-state index in [0.29, 0.717) is 6.42 Å². The van der Waals surface area contributed by atoms with E-state index in [1.54, 1.807) is 0 Å². The number of hydrogen-bond donors (Lipinski definition) is 1. The number of hydrogen-bond acceptors (Lipinski definition) is 2. The molecule has 0 saturated heterocycles. The van der Waals surface area contributed by atoms with E-state index in [0.717, 1.165) is 25.8 Å². The quantitative estimate of drug-likeness (QED) is 0.821. The third-order valence-electron chi connectivity index (χ3n) is 3.21. The maximum Gasteiger partial charge on any atom is 0.222 e. The molecule has 0 aliphatic carbocycles. The SMILES string of the molecule is CN(CCCc1ccccc1)C(=O)CCC(C)(C)N. The van der Waals surface area contributed by atoms with Gasteiger partial charge in [0.15, 0.2) is 0 Å². The molecule has 0 bridgehead atoms. The molecular formula is C16H26N2O. The molecule has 0 aliphatic rings. The van der Waals surface area contributed by atoms with Gasteiger partial charge in [0.25, 0.3) is 0 Å². The Hall–Kier alpha value is -1.35. The van der Waals surface area contributed by atoms with Crippen LogP contribution in [0.3, 0.4) is 0 Å². The van der Waals surface area contributed by atoms with Crippen LogP contribution in [0.5, 0.6) is 0 Å². The summed E-state index contributed by atoms with van der Waals surface area (Å²) >= 11 is 0. The van der Waals surface area contributed by atoms with Crippen molar-refractivity contribution in [2.75, 3.05) is 13.6 Å². The number of rotatable bonds is 7. The molecule has 1 amide bonds. The second-order valence-electron chi connectivity index (χ2n) is 5.89. The maximum absolute atomic E-state index is 11.9. The van der Waals surface area contributed by atoms with Crippen LogP contribution in [0.25, 0.3) is 0 Å². The molecule has 0 spiro atoms. The second kappa shape index (κ2) is 7.29. The van der Waals surface area contributed by atoms with Crippen molar-refractivity contribution in [3.8, 4) is 0 Å². The molecular weight excluding hydrogens is 236 g/mol. The van der Waals surface area contributed by atoms with Gasteiger partial charge in [0.2, 0.25) is 5.91 Å². The van der Waals surface area contributed by atoms with E-state index < -0.39 is 0 Å².